The number of sulfonamides is 1. The van der Waals surface area contributed by atoms with Crippen molar-refractivity contribution in [2.75, 3.05) is 44.2 Å². The van der Waals surface area contributed by atoms with E-state index in [0.717, 1.165) is 0 Å². The first-order valence-electron chi connectivity index (χ1n) is 7.05. The molecule has 0 bridgehead atoms. The summed E-state index contributed by atoms with van der Waals surface area (Å²) in [5.41, 5.74) is 0. The van der Waals surface area contributed by atoms with Crippen molar-refractivity contribution < 1.29 is 21.6 Å². The van der Waals surface area contributed by atoms with Gasteiger partial charge in [0.05, 0.1) is 10.5 Å². The molecule has 0 spiro atoms. The Bertz CT molecular complexity index is 599. The van der Waals surface area contributed by atoms with Gasteiger partial charge in [-0.1, -0.05) is 0 Å². The molecule has 1 rings (SSSR count). The number of hydrogen-bond donors (Lipinski definition) is 1. The van der Waals surface area contributed by atoms with Crippen LogP contribution < -0.4 is 5.14 Å². The van der Waals surface area contributed by atoms with Gasteiger partial charge in [-0.05, 0) is 20.8 Å². The van der Waals surface area contributed by atoms with Gasteiger partial charge in [0, 0.05) is 32.7 Å². The largest absolute Gasteiger partial charge is 0.339 e. The second-order valence-electron chi connectivity index (χ2n) is 6.46. The van der Waals surface area contributed by atoms with Crippen molar-refractivity contribution in [2.45, 2.75) is 25.5 Å². The average molecular weight is 355 g/mol. The fourth-order valence-corrected chi connectivity index (χ4v) is 3.40. The summed E-state index contributed by atoms with van der Waals surface area (Å²) in [7, 11) is -6.99. The van der Waals surface area contributed by atoms with Crippen LogP contribution in [0.25, 0.3) is 0 Å². The molecular weight excluding hydrogens is 330 g/mol. The monoisotopic (exact) mass is 355 g/mol. The summed E-state index contributed by atoms with van der Waals surface area (Å²) >= 11 is 0. The molecule has 1 aliphatic heterocycles. The van der Waals surface area contributed by atoms with E-state index in [1.165, 1.54) is 4.90 Å². The second-order valence-corrected chi connectivity index (χ2v) is 10.9. The summed E-state index contributed by atoms with van der Waals surface area (Å²) in [6.07, 6.45) is 0. The third kappa shape index (κ3) is 5.82. The van der Waals surface area contributed by atoms with Crippen LogP contribution in [0.4, 0.5) is 0 Å². The van der Waals surface area contributed by atoms with Crippen LogP contribution in [0, 0.1) is 0 Å². The molecule has 2 N–H and O–H groups in total. The number of amides is 1. The Morgan fingerprint density at radius 2 is 1.55 bits per heavy atom. The van der Waals surface area contributed by atoms with E-state index in [1.807, 2.05) is 4.90 Å². The van der Waals surface area contributed by atoms with Gasteiger partial charge in [-0.15, -0.1) is 0 Å². The minimum absolute atomic E-state index is 0.126. The number of carbonyl (C=O) groups excluding carboxylic acids is 1. The molecule has 1 saturated heterocycles. The predicted octanol–water partition coefficient (Wildman–Crippen LogP) is -1.37. The number of primary sulfonamides is 1. The lowest BCUT2D eigenvalue weighted by atomic mass is 10.3. The maximum absolute atomic E-state index is 12.1. The fourth-order valence-electron chi connectivity index (χ4n) is 1.95. The molecular formula is C12H25N3O5S2. The summed E-state index contributed by atoms with van der Waals surface area (Å²) < 4.78 is 45.0. The zero-order valence-corrected chi connectivity index (χ0v) is 14.9. The molecule has 10 heteroatoms. The van der Waals surface area contributed by atoms with Gasteiger partial charge in [0.2, 0.25) is 15.9 Å². The van der Waals surface area contributed by atoms with Crippen molar-refractivity contribution in [1.82, 2.24) is 9.80 Å². The van der Waals surface area contributed by atoms with Gasteiger partial charge >= 0.3 is 0 Å². The van der Waals surface area contributed by atoms with Crippen LogP contribution in [0.15, 0.2) is 0 Å². The predicted molar refractivity (Wildman–Crippen MR) is 84.5 cm³/mol. The number of rotatable bonds is 5. The molecule has 1 fully saturated rings. The van der Waals surface area contributed by atoms with Gasteiger partial charge in [0.15, 0.2) is 9.84 Å². The number of sulfone groups is 1. The van der Waals surface area contributed by atoms with Crippen molar-refractivity contribution in [1.29, 1.82) is 0 Å². The molecule has 0 saturated carbocycles. The average Bonchev–Trinajstić information content (AvgIpc) is 2.34. The SMILES string of the molecule is CC(C)(C)S(=O)(=O)CC(=O)N1CCN(CCS(N)(=O)=O)CC1. The third-order valence-electron chi connectivity index (χ3n) is 3.66. The van der Waals surface area contributed by atoms with Gasteiger partial charge in [-0.3, -0.25) is 9.69 Å². The molecule has 0 unspecified atom stereocenters. The highest BCUT2D eigenvalue weighted by molar-refractivity contribution is 7.93. The van der Waals surface area contributed by atoms with E-state index in [4.69, 9.17) is 5.14 Å². The molecule has 1 heterocycles. The minimum atomic E-state index is -3.50. The Morgan fingerprint density at radius 1 is 1.05 bits per heavy atom. The molecule has 0 radical (unpaired) electrons. The standard InChI is InChI=1S/C12H25N3O5S2/c1-12(2,3)21(17,18)10-11(16)15-6-4-14(5-7-15)8-9-22(13,19)20/h4-10H2,1-3H3,(H2,13,19,20). The third-order valence-corrected chi connectivity index (χ3v) is 6.91. The molecule has 0 atom stereocenters. The van der Waals surface area contributed by atoms with E-state index in [-0.39, 0.29) is 5.75 Å². The topological polar surface area (TPSA) is 118 Å². The van der Waals surface area contributed by atoms with Gasteiger partial charge in [-0.2, -0.15) is 0 Å². The van der Waals surface area contributed by atoms with Crippen molar-refractivity contribution >= 4 is 25.8 Å². The lowest BCUT2D eigenvalue weighted by molar-refractivity contribution is -0.130. The Labute approximate surface area is 132 Å². The molecule has 0 aliphatic carbocycles. The van der Waals surface area contributed by atoms with E-state index in [9.17, 15) is 21.6 Å². The van der Waals surface area contributed by atoms with Crippen LogP contribution in [0.2, 0.25) is 0 Å². The van der Waals surface area contributed by atoms with Crippen molar-refractivity contribution in [3.8, 4) is 0 Å². The highest BCUT2D eigenvalue weighted by Crippen LogP contribution is 2.16. The van der Waals surface area contributed by atoms with E-state index in [1.54, 1.807) is 20.8 Å². The highest BCUT2D eigenvalue weighted by Gasteiger charge is 2.33. The Morgan fingerprint density at radius 3 is 1.95 bits per heavy atom. The normalized spacial score (nSPS) is 18.5. The number of piperazine rings is 1. The number of nitrogens with zero attached hydrogens (tertiary/aromatic N) is 2. The summed E-state index contributed by atoms with van der Waals surface area (Å²) in [5, 5.41) is 4.95. The van der Waals surface area contributed by atoms with Gasteiger partial charge < -0.3 is 4.90 Å². The summed E-state index contributed by atoms with van der Waals surface area (Å²) in [6.45, 7) is 6.84. The summed E-state index contributed by atoms with van der Waals surface area (Å²) in [5.74, 6) is -1.02. The molecule has 0 aromatic heterocycles. The zero-order chi connectivity index (χ0) is 17.2. The van der Waals surface area contributed by atoms with Crippen LogP contribution in [0.5, 0.6) is 0 Å². The second kappa shape index (κ2) is 6.81. The molecule has 8 nitrogen and oxygen atoms in total. The fraction of sp³-hybridized carbons (Fsp3) is 0.917. The van der Waals surface area contributed by atoms with Gasteiger partial charge in [0.25, 0.3) is 0 Å². The van der Waals surface area contributed by atoms with Gasteiger partial charge in [0.1, 0.15) is 5.75 Å². The Balaban J connectivity index is 2.50. The van der Waals surface area contributed by atoms with E-state index in [0.29, 0.717) is 32.7 Å². The molecule has 130 valence electrons. The summed E-state index contributed by atoms with van der Waals surface area (Å²) in [6, 6.07) is 0. The van der Waals surface area contributed by atoms with Crippen LogP contribution in [0.1, 0.15) is 20.8 Å². The highest BCUT2D eigenvalue weighted by atomic mass is 32.2. The number of hydrogen-bond acceptors (Lipinski definition) is 6. The Kier molecular flexibility index (Phi) is 5.99. The summed E-state index contributed by atoms with van der Waals surface area (Å²) in [4.78, 5) is 15.5. The first-order valence-corrected chi connectivity index (χ1v) is 10.4. The van der Waals surface area contributed by atoms with Crippen molar-refractivity contribution in [3.63, 3.8) is 0 Å². The lowest BCUT2D eigenvalue weighted by Crippen LogP contribution is -2.51. The van der Waals surface area contributed by atoms with E-state index < -0.39 is 36.3 Å². The molecule has 22 heavy (non-hydrogen) atoms. The quantitative estimate of drug-likeness (QED) is 0.650. The molecule has 0 aromatic rings. The first-order chi connectivity index (χ1) is 9.82. The van der Waals surface area contributed by atoms with E-state index in [2.05, 4.69) is 0 Å². The van der Waals surface area contributed by atoms with E-state index >= 15 is 0 Å². The van der Waals surface area contributed by atoms with Crippen LogP contribution >= 0.6 is 0 Å². The maximum Gasteiger partial charge on any atom is 0.237 e. The van der Waals surface area contributed by atoms with Crippen LogP contribution in [0.3, 0.4) is 0 Å². The van der Waals surface area contributed by atoms with Crippen molar-refractivity contribution in [2.24, 2.45) is 5.14 Å². The van der Waals surface area contributed by atoms with Crippen molar-refractivity contribution in [3.05, 3.63) is 0 Å². The zero-order valence-electron chi connectivity index (χ0n) is 13.3. The first kappa shape index (κ1) is 19.3. The van der Waals surface area contributed by atoms with Crippen LogP contribution in [-0.2, 0) is 24.7 Å². The molecule has 0 aromatic carbocycles. The smallest absolute Gasteiger partial charge is 0.237 e. The Hall–Kier alpha value is -0.710. The maximum atomic E-state index is 12.1. The number of carbonyl (C=O) groups is 1. The van der Waals surface area contributed by atoms with Crippen LogP contribution in [-0.4, -0.2) is 81.5 Å². The minimum Gasteiger partial charge on any atom is -0.339 e. The van der Waals surface area contributed by atoms with Gasteiger partial charge in [-0.25, -0.2) is 22.0 Å². The lowest BCUT2D eigenvalue weighted by Gasteiger charge is -2.35. The molecule has 1 amide bonds. The number of nitrogens with two attached hydrogens (primary N) is 1. The molecule has 1 aliphatic rings.